The summed E-state index contributed by atoms with van der Waals surface area (Å²) >= 11 is 0. The summed E-state index contributed by atoms with van der Waals surface area (Å²) < 4.78 is 32.2. The number of ether oxygens (including phenoxy) is 1. The van der Waals surface area contributed by atoms with Crippen LogP contribution in [0.2, 0.25) is 0 Å². The molecular weight excluding hydrogens is 328 g/mol. The number of benzene rings is 1. The molecule has 25 heavy (non-hydrogen) atoms. The molecule has 1 amide bonds. The van der Waals surface area contributed by atoms with Crippen LogP contribution in [0.5, 0.6) is 5.75 Å². The third-order valence-electron chi connectivity index (χ3n) is 4.09. The van der Waals surface area contributed by atoms with E-state index < -0.39 is 17.5 Å². The number of piperazine rings is 1. The van der Waals surface area contributed by atoms with E-state index in [4.69, 9.17) is 4.74 Å². The number of hydrogen-bond acceptors (Lipinski definition) is 4. The van der Waals surface area contributed by atoms with Gasteiger partial charge < -0.3 is 9.64 Å². The lowest BCUT2D eigenvalue weighted by atomic mass is 10.2. The van der Waals surface area contributed by atoms with Gasteiger partial charge in [-0.3, -0.25) is 9.69 Å². The Bertz CT molecular complexity index is 720. The van der Waals surface area contributed by atoms with Gasteiger partial charge in [-0.05, 0) is 12.1 Å². The maximum atomic E-state index is 13.7. The molecule has 1 aliphatic rings. The number of amides is 1. The molecule has 132 valence electrons. The zero-order chi connectivity index (χ0) is 17.6. The number of aromatic nitrogens is 1. The van der Waals surface area contributed by atoms with Crippen molar-refractivity contribution in [2.75, 3.05) is 39.3 Å². The predicted molar refractivity (Wildman–Crippen MR) is 88.4 cm³/mol. The second kappa shape index (κ2) is 8.02. The highest BCUT2D eigenvalue weighted by Gasteiger charge is 2.25. The van der Waals surface area contributed by atoms with E-state index in [9.17, 15) is 13.6 Å². The Morgan fingerprint density at radius 3 is 2.52 bits per heavy atom. The maximum absolute atomic E-state index is 13.7. The molecular formula is C18H19F2N3O2. The third-order valence-corrected chi connectivity index (χ3v) is 4.09. The van der Waals surface area contributed by atoms with Crippen LogP contribution < -0.4 is 4.74 Å². The van der Waals surface area contributed by atoms with Gasteiger partial charge in [0, 0.05) is 38.8 Å². The molecule has 2 heterocycles. The fourth-order valence-electron chi connectivity index (χ4n) is 2.71. The molecule has 7 heteroatoms. The van der Waals surface area contributed by atoms with Gasteiger partial charge >= 0.3 is 0 Å². The Morgan fingerprint density at radius 1 is 1.12 bits per heavy atom. The normalized spacial score (nSPS) is 15.2. The molecule has 1 aliphatic heterocycles. The summed E-state index contributed by atoms with van der Waals surface area (Å²) in [5.74, 6) is -1.40. The van der Waals surface area contributed by atoms with E-state index in [1.54, 1.807) is 0 Å². The first-order valence-electron chi connectivity index (χ1n) is 8.14. The second-order valence-corrected chi connectivity index (χ2v) is 5.78. The highest BCUT2D eigenvalue weighted by molar-refractivity contribution is 5.92. The first-order valence-corrected chi connectivity index (χ1v) is 8.14. The average molecular weight is 347 g/mol. The lowest BCUT2D eigenvalue weighted by molar-refractivity contribution is 0.0609. The monoisotopic (exact) mass is 347 g/mol. The molecule has 1 fully saturated rings. The van der Waals surface area contributed by atoms with Crippen molar-refractivity contribution in [2.45, 2.75) is 0 Å². The summed E-state index contributed by atoms with van der Waals surface area (Å²) in [4.78, 5) is 19.6. The van der Waals surface area contributed by atoms with Gasteiger partial charge in [-0.1, -0.05) is 18.2 Å². The summed E-state index contributed by atoms with van der Waals surface area (Å²) in [7, 11) is 0. The molecule has 1 aromatic carbocycles. The SMILES string of the molecule is O=C(c1ncc(F)cc1F)N1CCN(CCOc2ccccc2)CC1. The van der Waals surface area contributed by atoms with E-state index in [0.29, 0.717) is 38.9 Å². The van der Waals surface area contributed by atoms with Crippen LogP contribution in [0, 0.1) is 11.6 Å². The molecule has 1 saturated heterocycles. The molecule has 0 bridgehead atoms. The molecule has 5 nitrogen and oxygen atoms in total. The van der Waals surface area contributed by atoms with Crippen LogP contribution in [-0.2, 0) is 0 Å². The van der Waals surface area contributed by atoms with Crippen LogP contribution in [-0.4, -0.2) is 60.0 Å². The number of nitrogens with zero attached hydrogens (tertiary/aromatic N) is 3. The highest BCUT2D eigenvalue weighted by atomic mass is 19.1. The van der Waals surface area contributed by atoms with E-state index >= 15 is 0 Å². The van der Waals surface area contributed by atoms with Gasteiger partial charge in [-0.2, -0.15) is 0 Å². The topological polar surface area (TPSA) is 45.7 Å². The molecule has 2 aromatic rings. The summed E-state index contributed by atoms with van der Waals surface area (Å²) in [6, 6.07) is 10.3. The van der Waals surface area contributed by atoms with Crippen molar-refractivity contribution in [3.05, 3.63) is 59.9 Å². The zero-order valence-corrected chi connectivity index (χ0v) is 13.7. The Labute approximate surface area is 144 Å². The van der Waals surface area contributed by atoms with Gasteiger partial charge in [-0.25, -0.2) is 13.8 Å². The van der Waals surface area contributed by atoms with Gasteiger partial charge in [0.1, 0.15) is 18.2 Å². The Balaban J connectivity index is 1.46. The van der Waals surface area contributed by atoms with Crippen LogP contribution >= 0.6 is 0 Å². The highest BCUT2D eigenvalue weighted by Crippen LogP contribution is 2.12. The quantitative estimate of drug-likeness (QED) is 0.832. The van der Waals surface area contributed by atoms with Crippen molar-refractivity contribution in [3.63, 3.8) is 0 Å². The third kappa shape index (κ3) is 4.51. The van der Waals surface area contributed by atoms with Gasteiger partial charge in [0.15, 0.2) is 11.5 Å². The lowest BCUT2D eigenvalue weighted by Gasteiger charge is -2.34. The summed E-state index contributed by atoms with van der Waals surface area (Å²) in [6.45, 7) is 3.61. The zero-order valence-electron chi connectivity index (χ0n) is 13.7. The summed E-state index contributed by atoms with van der Waals surface area (Å²) in [5.41, 5.74) is -0.331. The number of carbonyl (C=O) groups excluding carboxylic acids is 1. The molecule has 0 atom stereocenters. The molecule has 3 rings (SSSR count). The van der Waals surface area contributed by atoms with E-state index in [1.807, 2.05) is 30.3 Å². The van der Waals surface area contributed by atoms with Gasteiger partial charge in [-0.15, -0.1) is 0 Å². The number of pyridine rings is 1. The van der Waals surface area contributed by atoms with Crippen LogP contribution in [0.4, 0.5) is 8.78 Å². The van der Waals surface area contributed by atoms with E-state index in [2.05, 4.69) is 9.88 Å². The number of carbonyl (C=O) groups is 1. The van der Waals surface area contributed by atoms with E-state index in [-0.39, 0.29) is 5.69 Å². The standard InChI is InChI=1S/C18H19F2N3O2/c19-14-12-16(20)17(21-13-14)18(24)23-8-6-22(7-9-23)10-11-25-15-4-2-1-3-5-15/h1-5,12-13H,6-11H2. The minimum Gasteiger partial charge on any atom is -0.492 e. The smallest absolute Gasteiger partial charge is 0.275 e. The van der Waals surface area contributed by atoms with Crippen molar-refractivity contribution < 1.29 is 18.3 Å². The molecule has 0 saturated carbocycles. The Morgan fingerprint density at radius 2 is 1.84 bits per heavy atom. The Kier molecular flexibility index (Phi) is 5.55. The number of para-hydroxylation sites is 1. The largest absolute Gasteiger partial charge is 0.492 e. The second-order valence-electron chi connectivity index (χ2n) is 5.78. The van der Waals surface area contributed by atoms with Crippen molar-refractivity contribution in [3.8, 4) is 5.75 Å². The summed E-state index contributed by atoms with van der Waals surface area (Å²) in [6.07, 6.45) is 0.855. The molecule has 0 spiro atoms. The number of hydrogen-bond donors (Lipinski definition) is 0. The van der Waals surface area contributed by atoms with Crippen molar-refractivity contribution >= 4 is 5.91 Å². The molecule has 1 aromatic heterocycles. The number of halogens is 2. The fourth-order valence-corrected chi connectivity index (χ4v) is 2.71. The van der Waals surface area contributed by atoms with E-state index in [0.717, 1.165) is 18.5 Å². The Hall–Kier alpha value is -2.54. The first kappa shape index (κ1) is 17.3. The van der Waals surface area contributed by atoms with Crippen molar-refractivity contribution in [2.24, 2.45) is 0 Å². The molecule has 0 aliphatic carbocycles. The molecule has 0 unspecified atom stereocenters. The van der Waals surface area contributed by atoms with E-state index in [1.165, 1.54) is 4.90 Å². The maximum Gasteiger partial charge on any atom is 0.275 e. The van der Waals surface area contributed by atoms with Gasteiger partial charge in [0.05, 0.1) is 6.20 Å². The molecule has 0 radical (unpaired) electrons. The van der Waals surface area contributed by atoms with Crippen molar-refractivity contribution in [1.29, 1.82) is 0 Å². The number of rotatable bonds is 5. The van der Waals surface area contributed by atoms with Gasteiger partial charge in [0.25, 0.3) is 5.91 Å². The minimum absolute atomic E-state index is 0.331. The van der Waals surface area contributed by atoms with Gasteiger partial charge in [0.2, 0.25) is 0 Å². The fraction of sp³-hybridized carbons (Fsp3) is 0.333. The first-order chi connectivity index (χ1) is 12.1. The van der Waals surface area contributed by atoms with Crippen LogP contribution in [0.15, 0.2) is 42.6 Å². The predicted octanol–water partition coefficient (Wildman–Crippen LogP) is 2.20. The summed E-state index contributed by atoms with van der Waals surface area (Å²) in [5, 5.41) is 0. The van der Waals surface area contributed by atoms with Crippen LogP contribution in [0.25, 0.3) is 0 Å². The average Bonchev–Trinajstić information content (AvgIpc) is 2.63. The van der Waals surface area contributed by atoms with Crippen molar-refractivity contribution in [1.82, 2.24) is 14.8 Å². The minimum atomic E-state index is -0.927. The van der Waals surface area contributed by atoms with Crippen LogP contribution in [0.3, 0.4) is 0 Å². The molecule has 0 N–H and O–H groups in total. The lowest BCUT2D eigenvalue weighted by Crippen LogP contribution is -2.49. The van der Waals surface area contributed by atoms with Crippen LogP contribution in [0.1, 0.15) is 10.5 Å².